The molecule has 1 aromatic heterocycles. The lowest BCUT2D eigenvalue weighted by molar-refractivity contribution is -0.135. The molecular formula is C22H20N2O5. The number of H-pyrrole nitrogens is 1. The van der Waals surface area contributed by atoms with Gasteiger partial charge in [-0.15, -0.1) is 0 Å². The Balaban J connectivity index is 1.70. The molecule has 29 heavy (non-hydrogen) atoms. The lowest BCUT2D eigenvalue weighted by atomic mass is 10.1. The Kier molecular flexibility index (Phi) is 6.42. The quantitative estimate of drug-likeness (QED) is 0.602. The molecule has 0 saturated heterocycles. The minimum atomic E-state index is -0.862. The highest BCUT2D eigenvalue weighted by Gasteiger charge is 2.18. The SMILES string of the molecule is O=C(OCC(=O)N(Cc1ccccc1)Cc1ccccc1)c1cc(O)[nH]c(=O)c1. The summed E-state index contributed by atoms with van der Waals surface area (Å²) in [6.45, 7) is 0.238. The van der Waals surface area contributed by atoms with Gasteiger partial charge in [0, 0.05) is 25.2 Å². The van der Waals surface area contributed by atoms with Gasteiger partial charge in [0.1, 0.15) is 0 Å². The summed E-state index contributed by atoms with van der Waals surface area (Å²) in [6, 6.07) is 21.1. The van der Waals surface area contributed by atoms with Crippen LogP contribution in [0.1, 0.15) is 21.5 Å². The third-order valence-electron chi connectivity index (χ3n) is 4.18. The van der Waals surface area contributed by atoms with Gasteiger partial charge in [0.25, 0.3) is 11.5 Å². The average molecular weight is 392 g/mol. The molecule has 3 rings (SSSR count). The van der Waals surface area contributed by atoms with E-state index in [2.05, 4.69) is 4.98 Å². The summed E-state index contributed by atoms with van der Waals surface area (Å²) in [5.41, 5.74) is 1.13. The normalized spacial score (nSPS) is 10.3. The van der Waals surface area contributed by atoms with Gasteiger partial charge < -0.3 is 14.7 Å². The van der Waals surface area contributed by atoms with Gasteiger partial charge in [-0.1, -0.05) is 60.7 Å². The smallest absolute Gasteiger partial charge is 0.339 e. The summed E-state index contributed by atoms with van der Waals surface area (Å²) in [4.78, 5) is 40.0. The zero-order valence-corrected chi connectivity index (χ0v) is 15.6. The van der Waals surface area contributed by atoms with Crippen LogP contribution in [0.5, 0.6) is 5.88 Å². The number of amides is 1. The van der Waals surface area contributed by atoms with Gasteiger partial charge in [-0.25, -0.2) is 4.79 Å². The zero-order valence-electron chi connectivity index (χ0n) is 15.6. The highest BCUT2D eigenvalue weighted by molar-refractivity contribution is 5.91. The highest BCUT2D eigenvalue weighted by atomic mass is 16.5. The standard InChI is InChI=1S/C22H20N2O5/c25-19-11-18(12-20(26)23-19)22(28)29-15-21(27)24(13-16-7-3-1-4-8-16)14-17-9-5-2-6-10-17/h1-12H,13-15H2,(H2,23,25,26). The number of aromatic hydroxyl groups is 1. The van der Waals surface area contributed by atoms with E-state index in [1.54, 1.807) is 4.90 Å². The number of nitrogens with zero attached hydrogens (tertiary/aromatic N) is 1. The number of aromatic nitrogens is 1. The van der Waals surface area contributed by atoms with E-state index in [4.69, 9.17) is 4.74 Å². The number of aromatic amines is 1. The number of carbonyl (C=O) groups is 2. The first kappa shape index (κ1) is 19.9. The largest absolute Gasteiger partial charge is 0.494 e. The molecule has 0 fully saturated rings. The van der Waals surface area contributed by atoms with Crippen molar-refractivity contribution >= 4 is 11.9 Å². The molecule has 1 heterocycles. The molecule has 148 valence electrons. The van der Waals surface area contributed by atoms with Crippen molar-refractivity contribution in [3.8, 4) is 5.88 Å². The first-order valence-corrected chi connectivity index (χ1v) is 8.97. The Morgan fingerprint density at radius 3 is 1.97 bits per heavy atom. The first-order chi connectivity index (χ1) is 14.0. The van der Waals surface area contributed by atoms with Crippen LogP contribution in [-0.4, -0.2) is 33.5 Å². The predicted molar refractivity (Wildman–Crippen MR) is 106 cm³/mol. The van der Waals surface area contributed by atoms with Crippen molar-refractivity contribution in [3.63, 3.8) is 0 Å². The van der Waals surface area contributed by atoms with Crippen molar-refractivity contribution in [2.24, 2.45) is 0 Å². The van der Waals surface area contributed by atoms with Gasteiger partial charge in [0.2, 0.25) is 0 Å². The van der Waals surface area contributed by atoms with E-state index < -0.39 is 24.0 Å². The number of hydrogen-bond acceptors (Lipinski definition) is 5. The maximum Gasteiger partial charge on any atom is 0.339 e. The lowest BCUT2D eigenvalue weighted by Gasteiger charge is -2.23. The Bertz CT molecular complexity index is 990. The molecule has 2 aromatic carbocycles. The number of rotatable bonds is 7. The fraction of sp³-hybridized carbons (Fsp3) is 0.136. The van der Waals surface area contributed by atoms with E-state index in [1.165, 1.54) is 0 Å². The van der Waals surface area contributed by atoms with Crippen molar-refractivity contribution in [1.82, 2.24) is 9.88 Å². The molecule has 0 aliphatic carbocycles. The summed E-state index contributed by atoms with van der Waals surface area (Å²) in [5, 5.41) is 9.40. The number of nitrogens with one attached hydrogen (secondary N) is 1. The van der Waals surface area contributed by atoms with E-state index >= 15 is 0 Å². The fourth-order valence-corrected chi connectivity index (χ4v) is 2.79. The molecule has 2 N–H and O–H groups in total. The van der Waals surface area contributed by atoms with Crippen LogP contribution < -0.4 is 5.56 Å². The molecule has 0 spiro atoms. The van der Waals surface area contributed by atoms with Crippen molar-refractivity contribution in [3.05, 3.63) is 99.8 Å². The van der Waals surface area contributed by atoms with Crippen LogP contribution in [0.3, 0.4) is 0 Å². The van der Waals surface area contributed by atoms with Crippen molar-refractivity contribution in [2.75, 3.05) is 6.61 Å². The fourth-order valence-electron chi connectivity index (χ4n) is 2.79. The van der Waals surface area contributed by atoms with Crippen LogP contribution in [0.25, 0.3) is 0 Å². The molecule has 1 amide bonds. The number of esters is 1. The molecule has 0 radical (unpaired) electrons. The van der Waals surface area contributed by atoms with Gasteiger partial charge >= 0.3 is 5.97 Å². The zero-order chi connectivity index (χ0) is 20.6. The number of hydrogen-bond donors (Lipinski definition) is 2. The van der Waals surface area contributed by atoms with Crippen LogP contribution in [0.15, 0.2) is 77.6 Å². The molecule has 0 bridgehead atoms. The molecule has 0 saturated carbocycles. The van der Waals surface area contributed by atoms with Gasteiger partial charge in [-0.3, -0.25) is 14.6 Å². The molecule has 0 aliphatic heterocycles. The maximum atomic E-state index is 12.8. The van der Waals surface area contributed by atoms with Crippen molar-refractivity contribution in [2.45, 2.75) is 13.1 Å². The molecule has 7 nitrogen and oxygen atoms in total. The summed E-state index contributed by atoms with van der Waals surface area (Å²) in [5.74, 6) is -1.69. The highest BCUT2D eigenvalue weighted by Crippen LogP contribution is 2.11. The third kappa shape index (κ3) is 5.80. The van der Waals surface area contributed by atoms with Gasteiger partial charge in [0.15, 0.2) is 12.5 Å². The topological polar surface area (TPSA) is 99.7 Å². The maximum absolute atomic E-state index is 12.8. The molecule has 7 heteroatoms. The minimum Gasteiger partial charge on any atom is -0.494 e. The molecular weight excluding hydrogens is 372 g/mol. The average Bonchev–Trinajstić information content (AvgIpc) is 2.72. The number of carbonyl (C=O) groups excluding carboxylic acids is 2. The minimum absolute atomic E-state index is 0.128. The van der Waals surface area contributed by atoms with E-state index in [1.807, 2.05) is 60.7 Å². The monoisotopic (exact) mass is 392 g/mol. The molecule has 3 aromatic rings. The van der Waals surface area contributed by atoms with E-state index in [0.717, 1.165) is 23.3 Å². The lowest BCUT2D eigenvalue weighted by Crippen LogP contribution is -2.34. The van der Waals surface area contributed by atoms with Crippen LogP contribution in [0.4, 0.5) is 0 Å². The third-order valence-corrected chi connectivity index (χ3v) is 4.18. The second kappa shape index (κ2) is 9.36. The Hall–Kier alpha value is -3.87. The molecule has 0 atom stereocenters. The van der Waals surface area contributed by atoms with Crippen LogP contribution >= 0.6 is 0 Å². The molecule has 0 unspecified atom stereocenters. The summed E-state index contributed by atoms with van der Waals surface area (Å²) < 4.78 is 5.06. The number of ether oxygens (including phenoxy) is 1. The van der Waals surface area contributed by atoms with Gasteiger partial charge in [0.05, 0.1) is 5.56 Å². The van der Waals surface area contributed by atoms with Gasteiger partial charge in [-0.2, -0.15) is 0 Å². The number of benzene rings is 2. The Morgan fingerprint density at radius 2 is 1.45 bits per heavy atom. The summed E-state index contributed by atoms with van der Waals surface area (Å²) in [7, 11) is 0. The summed E-state index contributed by atoms with van der Waals surface area (Å²) in [6.07, 6.45) is 0. The molecule has 0 aliphatic rings. The Morgan fingerprint density at radius 1 is 0.897 bits per heavy atom. The number of pyridine rings is 1. The van der Waals surface area contributed by atoms with E-state index in [-0.39, 0.29) is 11.5 Å². The predicted octanol–water partition coefficient (Wildman–Crippen LogP) is 2.47. The van der Waals surface area contributed by atoms with Crippen molar-refractivity contribution in [1.29, 1.82) is 0 Å². The Labute approximate surface area is 167 Å². The van der Waals surface area contributed by atoms with Crippen LogP contribution in [-0.2, 0) is 22.6 Å². The van der Waals surface area contributed by atoms with E-state index in [9.17, 15) is 19.5 Å². The summed E-state index contributed by atoms with van der Waals surface area (Å²) >= 11 is 0. The van der Waals surface area contributed by atoms with Crippen LogP contribution in [0.2, 0.25) is 0 Å². The second-order valence-electron chi connectivity index (χ2n) is 6.42. The van der Waals surface area contributed by atoms with Gasteiger partial charge in [-0.05, 0) is 11.1 Å². The van der Waals surface area contributed by atoms with Crippen LogP contribution in [0, 0.1) is 0 Å². The first-order valence-electron chi connectivity index (χ1n) is 8.97. The van der Waals surface area contributed by atoms with E-state index in [0.29, 0.717) is 13.1 Å². The van der Waals surface area contributed by atoms with Crippen molar-refractivity contribution < 1.29 is 19.4 Å². The second-order valence-corrected chi connectivity index (χ2v) is 6.42.